The van der Waals surface area contributed by atoms with Crippen LogP contribution >= 0.6 is 31.9 Å². The maximum absolute atomic E-state index is 13.3. The Hall–Kier alpha value is -0.670. The molecule has 1 unspecified atom stereocenters. The van der Waals surface area contributed by atoms with E-state index in [-0.39, 0.29) is 10.6 Å². The second-order valence-corrected chi connectivity index (χ2v) is 6.20. The van der Waals surface area contributed by atoms with Crippen molar-refractivity contribution in [3.63, 3.8) is 0 Å². The quantitative estimate of drug-likeness (QED) is 0.595. The normalized spacial score (nSPS) is 12.5. The van der Waals surface area contributed by atoms with Crippen LogP contribution in [-0.2, 0) is 0 Å². The third kappa shape index (κ3) is 2.83. The zero-order chi connectivity index (χ0) is 13.3. The molecular formula is C15H13Br2F. The van der Waals surface area contributed by atoms with Crippen molar-refractivity contribution in [1.82, 2.24) is 0 Å². The van der Waals surface area contributed by atoms with Gasteiger partial charge < -0.3 is 0 Å². The third-order valence-electron chi connectivity index (χ3n) is 2.95. The first-order chi connectivity index (χ1) is 8.49. The lowest BCUT2D eigenvalue weighted by atomic mass is 9.96. The van der Waals surface area contributed by atoms with Crippen LogP contribution in [0.1, 0.15) is 27.1 Å². The smallest absolute Gasteiger partial charge is 0.123 e. The summed E-state index contributed by atoms with van der Waals surface area (Å²) in [7, 11) is 0. The van der Waals surface area contributed by atoms with Crippen LogP contribution in [0.2, 0.25) is 0 Å². The van der Waals surface area contributed by atoms with Gasteiger partial charge in [-0.3, -0.25) is 0 Å². The van der Waals surface area contributed by atoms with Crippen molar-refractivity contribution in [2.24, 2.45) is 0 Å². The molecule has 2 aromatic carbocycles. The first kappa shape index (κ1) is 13.8. The van der Waals surface area contributed by atoms with E-state index in [9.17, 15) is 4.39 Å². The molecule has 0 amide bonds. The maximum Gasteiger partial charge on any atom is 0.123 e. The molecule has 0 aliphatic heterocycles. The summed E-state index contributed by atoms with van der Waals surface area (Å²) in [5.41, 5.74) is 4.22. The van der Waals surface area contributed by atoms with Crippen LogP contribution in [0, 0.1) is 19.7 Å². The average Bonchev–Trinajstić information content (AvgIpc) is 2.27. The monoisotopic (exact) mass is 370 g/mol. The second-order valence-electron chi connectivity index (χ2n) is 4.37. The van der Waals surface area contributed by atoms with E-state index < -0.39 is 0 Å². The Morgan fingerprint density at radius 2 is 1.67 bits per heavy atom. The minimum atomic E-state index is -0.178. The van der Waals surface area contributed by atoms with Crippen molar-refractivity contribution in [1.29, 1.82) is 0 Å². The topological polar surface area (TPSA) is 0 Å². The van der Waals surface area contributed by atoms with Crippen LogP contribution in [0.4, 0.5) is 4.39 Å². The van der Waals surface area contributed by atoms with E-state index in [1.165, 1.54) is 0 Å². The van der Waals surface area contributed by atoms with Gasteiger partial charge in [-0.05, 0) is 60.4 Å². The summed E-state index contributed by atoms with van der Waals surface area (Å²) in [6.07, 6.45) is 0. The minimum absolute atomic E-state index is 0.0793. The highest BCUT2D eigenvalue weighted by Gasteiger charge is 2.16. The molecule has 0 fully saturated rings. The summed E-state index contributed by atoms with van der Waals surface area (Å²) in [4.78, 5) is 0.0793. The summed E-state index contributed by atoms with van der Waals surface area (Å²) < 4.78 is 14.4. The van der Waals surface area contributed by atoms with Crippen LogP contribution in [0.5, 0.6) is 0 Å². The number of halogens is 3. The predicted octanol–water partition coefficient (Wildman–Crippen LogP) is 5.69. The van der Waals surface area contributed by atoms with E-state index in [4.69, 9.17) is 0 Å². The molecule has 2 aromatic rings. The van der Waals surface area contributed by atoms with Gasteiger partial charge in [-0.1, -0.05) is 44.0 Å². The predicted molar refractivity (Wildman–Crippen MR) is 80.8 cm³/mol. The van der Waals surface area contributed by atoms with Gasteiger partial charge in [-0.15, -0.1) is 0 Å². The van der Waals surface area contributed by atoms with E-state index in [2.05, 4.69) is 44.0 Å². The fourth-order valence-electron chi connectivity index (χ4n) is 2.15. The largest absolute Gasteiger partial charge is 0.207 e. The molecule has 0 saturated heterocycles. The van der Waals surface area contributed by atoms with Crippen molar-refractivity contribution >= 4 is 31.9 Å². The second kappa shape index (κ2) is 5.54. The minimum Gasteiger partial charge on any atom is -0.207 e. The summed E-state index contributed by atoms with van der Waals surface area (Å²) in [6, 6.07) is 11.3. The lowest BCUT2D eigenvalue weighted by molar-refractivity contribution is 0.624. The fourth-order valence-corrected chi connectivity index (χ4v) is 3.58. The standard InChI is InChI=1S/C15H13Br2F/c1-9-6-13(18)7-10(2)14(9)15(17)11-4-3-5-12(16)8-11/h3-8,15H,1-2H3. The van der Waals surface area contributed by atoms with Crippen molar-refractivity contribution in [3.05, 3.63) is 68.9 Å². The molecule has 3 heteroatoms. The van der Waals surface area contributed by atoms with E-state index in [1.54, 1.807) is 12.1 Å². The van der Waals surface area contributed by atoms with Gasteiger partial charge >= 0.3 is 0 Å². The van der Waals surface area contributed by atoms with Crippen LogP contribution < -0.4 is 0 Å². The maximum atomic E-state index is 13.3. The van der Waals surface area contributed by atoms with Gasteiger partial charge in [-0.25, -0.2) is 4.39 Å². The Morgan fingerprint density at radius 1 is 1.06 bits per heavy atom. The zero-order valence-corrected chi connectivity index (χ0v) is 13.3. The van der Waals surface area contributed by atoms with E-state index in [0.717, 1.165) is 26.7 Å². The van der Waals surface area contributed by atoms with Crippen LogP contribution in [0.25, 0.3) is 0 Å². The molecule has 94 valence electrons. The molecule has 0 nitrogen and oxygen atoms in total. The van der Waals surface area contributed by atoms with Gasteiger partial charge in [-0.2, -0.15) is 0 Å². The summed E-state index contributed by atoms with van der Waals surface area (Å²) >= 11 is 7.18. The van der Waals surface area contributed by atoms with Crippen molar-refractivity contribution in [3.8, 4) is 0 Å². The Morgan fingerprint density at radius 3 is 2.22 bits per heavy atom. The van der Waals surface area contributed by atoms with Crippen molar-refractivity contribution < 1.29 is 4.39 Å². The third-order valence-corrected chi connectivity index (χ3v) is 4.43. The first-order valence-corrected chi connectivity index (χ1v) is 7.36. The van der Waals surface area contributed by atoms with Gasteiger partial charge in [0.1, 0.15) is 5.82 Å². The Balaban J connectivity index is 2.49. The highest BCUT2D eigenvalue weighted by Crippen LogP contribution is 2.36. The van der Waals surface area contributed by atoms with Crippen molar-refractivity contribution in [2.45, 2.75) is 18.7 Å². The molecular weight excluding hydrogens is 359 g/mol. The molecule has 0 aliphatic rings. The van der Waals surface area contributed by atoms with Crippen LogP contribution in [-0.4, -0.2) is 0 Å². The number of benzene rings is 2. The molecule has 0 N–H and O–H groups in total. The zero-order valence-electron chi connectivity index (χ0n) is 10.2. The molecule has 0 aromatic heterocycles. The van der Waals surface area contributed by atoms with Crippen LogP contribution in [0.3, 0.4) is 0 Å². The number of alkyl halides is 1. The van der Waals surface area contributed by atoms with Gasteiger partial charge in [0.15, 0.2) is 0 Å². The average molecular weight is 372 g/mol. The Kier molecular flexibility index (Phi) is 4.23. The lowest BCUT2D eigenvalue weighted by Crippen LogP contribution is -2.00. The van der Waals surface area contributed by atoms with Gasteiger partial charge in [0.2, 0.25) is 0 Å². The lowest BCUT2D eigenvalue weighted by Gasteiger charge is -2.17. The molecule has 2 rings (SSSR count). The highest BCUT2D eigenvalue weighted by atomic mass is 79.9. The fraction of sp³-hybridized carbons (Fsp3) is 0.200. The summed E-state index contributed by atoms with van der Waals surface area (Å²) in [5.74, 6) is -0.178. The van der Waals surface area contributed by atoms with Crippen molar-refractivity contribution in [2.75, 3.05) is 0 Å². The summed E-state index contributed by atoms with van der Waals surface area (Å²) in [5, 5.41) is 0. The molecule has 0 aliphatic carbocycles. The number of hydrogen-bond acceptors (Lipinski definition) is 0. The molecule has 0 bridgehead atoms. The highest BCUT2D eigenvalue weighted by molar-refractivity contribution is 9.10. The molecule has 1 atom stereocenters. The van der Waals surface area contributed by atoms with Crippen LogP contribution in [0.15, 0.2) is 40.9 Å². The molecule has 0 saturated carbocycles. The van der Waals surface area contributed by atoms with E-state index >= 15 is 0 Å². The molecule has 18 heavy (non-hydrogen) atoms. The van der Waals surface area contributed by atoms with Gasteiger partial charge in [0, 0.05) is 4.47 Å². The van der Waals surface area contributed by atoms with E-state index in [1.807, 2.05) is 26.0 Å². The number of rotatable bonds is 2. The van der Waals surface area contributed by atoms with Gasteiger partial charge in [0.25, 0.3) is 0 Å². The first-order valence-electron chi connectivity index (χ1n) is 5.65. The molecule has 0 heterocycles. The molecule has 0 spiro atoms. The Labute approximate surface area is 123 Å². The van der Waals surface area contributed by atoms with Gasteiger partial charge in [0.05, 0.1) is 4.83 Å². The number of hydrogen-bond donors (Lipinski definition) is 0. The molecule has 0 radical (unpaired) electrons. The summed E-state index contributed by atoms with van der Waals surface area (Å²) in [6.45, 7) is 3.88. The number of aryl methyl sites for hydroxylation is 2. The Bertz CT molecular complexity index is 555. The van der Waals surface area contributed by atoms with E-state index in [0.29, 0.717) is 0 Å². The SMILES string of the molecule is Cc1cc(F)cc(C)c1C(Br)c1cccc(Br)c1.